The highest BCUT2D eigenvalue weighted by Crippen LogP contribution is 2.40. The first-order valence-electron chi connectivity index (χ1n) is 12.2. The number of nitro groups is 1. The number of aromatic hydroxyl groups is 1. The fourth-order valence-corrected chi connectivity index (χ4v) is 5.35. The number of allylic oxidation sites excluding steroid dienone is 1. The van der Waals surface area contributed by atoms with E-state index in [-0.39, 0.29) is 23.3 Å². The first kappa shape index (κ1) is 28.5. The van der Waals surface area contributed by atoms with E-state index in [2.05, 4.69) is 4.99 Å². The number of aromatic nitrogens is 1. The minimum absolute atomic E-state index is 0.000681. The topological polar surface area (TPSA) is 152 Å². The average Bonchev–Trinajstić information content (AvgIpc) is 3.23. The van der Waals surface area contributed by atoms with Gasteiger partial charge in [0, 0.05) is 18.7 Å². The van der Waals surface area contributed by atoms with Gasteiger partial charge < -0.3 is 24.1 Å². The number of methoxy groups -OCH3 is 2. The molecule has 2 heterocycles. The van der Waals surface area contributed by atoms with Gasteiger partial charge in [0.1, 0.15) is 12.6 Å². The molecule has 0 bridgehead atoms. The number of thiazole rings is 1. The molecular weight excluding hydrogens is 542 g/mol. The van der Waals surface area contributed by atoms with Crippen molar-refractivity contribution in [2.75, 3.05) is 34.0 Å². The van der Waals surface area contributed by atoms with Crippen molar-refractivity contribution in [2.24, 2.45) is 4.99 Å². The second-order valence-corrected chi connectivity index (χ2v) is 9.54. The minimum atomic E-state index is -0.973. The third-order valence-electron chi connectivity index (χ3n) is 6.07. The molecule has 40 heavy (non-hydrogen) atoms. The summed E-state index contributed by atoms with van der Waals surface area (Å²) in [5.74, 6) is -0.382. The van der Waals surface area contributed by atoms with E-state index in [9.17, 15) is 24.8 Å². The Morgan fingerprint density at radius 1 is 1.25 bits per heavy atom. The van der Waals surface area contributed by atoms with E-state index in [1.54, 1.807) is 32.0 Å². The maximum Gasteiger partial charge on any atom is 0.338 e. The molecule has 0 saturated carbocycles. The number of nitrogens with zero attached hydrogens (tertiary/aromatic N) is 3. The van der Waals surface area contributed by atoms with Gasteiger partial charge in [0.05, 0.1) is 41.0 Å². The molecule has 0 fully saturated rings. The molecular formula is C27H27N3O9S. The van der Waals surface area contributed by atoms with Crippen molar-refractivity contribution in [3.05, 3.63) is 88.6 Å². The Bertz CT molecular complexity index is 1670. The number of hydrogen-bond donors (Lipinski definition) is 1. The van der Waals surface area contributed by atoms with Crippen LogP contribution in [0.1, 0.15) is 31.0 Å². The normalized spacial score (nSPS) is 14.9. The average molecular weight is 570 g/mol. The second kappa shape index (κ2) is 12.1. The van der Waals surface area contributed by atoms with Crippen LogP contribution in [0, 0.1) is 10.1 Å². The summed E-state index contributed by atoms with van der Waals surface area (Å²) in [4.78, 5) is 42.7. The van der Waals surface area contributed by atoms with Gasteiger partial charge in [-0.05, 0) is 37.6 Å². The number of benzene rings is 2. The van der Waals surface area contributed by atoms with Gasteiger partial charge >= 0.3 is 11.7 Å². The number of hydrogen-bond acceptors (Lipinski definition) is 11. The third-order valence-corrected chi connectivity index (χ3v) is 7.05. The SMILES string of the molecule is CCOc1c(OC)cccc1[C@@H]1C(C(=O)OCCOC)=C(C)N=c2s/c(=C/c3ccc(O)c([N+](=O)[O-])c3)c(=O)n21. The van der Waals surface area contributed by atoms with Crippen LogP contribution in [0.25, 0.3) is 6.08 Å². The maximum atomic E-state index is 13.9. The minimum Gasteiger partial charge on any atom is -0.502 e. The predicted octanol–water partition coefficient (Wildman–Crippen LogP) is 2.45. The molecule has 1 aliphatic rings. The van der Waals surface area contributed by atoms with Crippen LogP contribution < -0.4 is 24.4 Å². The Morgan fingerprint density at radius 2 is 2.02 bits per heavy atom. The van der Waals surface area contributed by atoms with Crippen molar-refractivity contribution in [1.29, 1.82) is 0 Å². The van der Waals surface area contributed by atoms with Crippen molar-refractivity contribution in [2.45, 2.75) is 19.9 Å². The molecule has 210 valence electrons. The van der Waals surface area contributed by atoms with E-state index in [1.807, 2.05) is 0 Å². The van der Waals surface area contributed by atoms with Crippen molar-refractivity contribution in [3.8, 4) is 17.2 Å². The highest BCUT2D eigenvalue weighted by molar-refractivity contribution is 7.07. The number of nitro benzene ring substituents is 1. The Morgan fingerprint density at radius 3 is 2.70 bits per heavy atom. The summed E-state index contributed by atoms with van der Waals surface area (Å²) in [7, 11) is 2.98. The summed E-state index contributed by atoms with van der Waals surface area (Å²) >= 11 is 1.06. The Balaban J connectivity index is 1.97. The quantitative estimate of drug-likeness (QED) is 0.168. The standard InChI is InChI=1S/C27H27N3O9S/c1-5-38-24-17(7-6-8-20(24)37-4)23-22(26(33)39-12-11-36-3)15(2)28-27-29(23)25(32)21(40-27)14-16-9-10-19(31)18(13-16)30(34)35/h6-10,13-14,23,31H,5,11-12H2,1-4H3/b21-14+/t23-/m1/s1. The Kier molecular flexibility index (Phi) is 8.65. The first-order valence-corrected chi connectivity index (χ1v) is 13.0. The summed E-state index contributed by atoms with van der Waals surface area (Å²) in [6.45, 7) is 3.94. The lowest BCUT2D eigenvalue weighted by Crippen LogP contribution is -2.40. The van der Waals surface area contributed by atoms with E-state index in [4.69, 9.17) is 18.9 Å². The van der Waals surface area contributed by atoms with Crippen LogP contribution in [0.2, 0.25) is 0 Å². The molecule has 2 aromatic carbocycles. The number of phenols is 1. The number of fused-ring (bicyclic) bond motifs is 1. The fraction of sp³-hybridized carbons (Fsp3) is 0.296. The number of carbonyl (C=O) groups excluding carboxylic acids is 1. The molecule has 0 amide bonds. The van der Waals surface area contributed by atoms with E-state index >= 15 is 0 Å². The van der Waals surface area contributed by atoms with Crippen LogP contribution in [0.15, 0.2) is 57.5 Å². The molecule has 0 saturated heterocycles. The summed E-state index contributed by atoms with van der Waals surface area (Å²) in [5.41, 5.74) is 0.341. The lowest BCUT2D eigenvalue weighted by molar-refractivity contribution is -0.385. The van der Waals surface area contributed by atoms with Gasteiger partial charge in [-0.3, -0.25) is 19.5 Å². The molecule has 12 nitrogen and oxygen atoms in total. The number of esters is 1. The highest BCUT2D eigenvalue weighted by atomic mass is 32.1. The zero-order valence-electron chi connectivity index (χ0n) is 22.2. The fourth-order valence-electron chi connectivity index (χ4n) is 4.31. The second-order valence-electron chi connectivity index (χ2n) is 8.53. The van der Waals surface area contributed by atoms with E-state index in [0.717, 1.165) is 11.3 Å². The first-order chi connectivity index (χ1) is 19.2. The van der Waals surface area contributed by atoms with Crippen LogP contribution in [-0.2, 0) is 14.3 Å². The van der Waals surface area contributed by atoms with Gasteiger partial charge in [0.15, 0.2) is 22.0 Å². The number of ether oxygens (including phenoxy) is 4. The molecule has 0 unspecified atom stereocenters. The molecule has 1 atom stereocenters. The van der Waals surface area contributed by atoms with Crippen molar-refractivity contribution < 1.29 is 33.8 Å². The zero-order valence-corrected chi connectivity index (χ0v) is 23.0. The summed E-state index contributed by atoms with van der Waals surface area (Å²) in [5, 5.41) is 21.1. The lowest BCUT2D eigenvalue weighted by Gasteiger charge is -2.27. The zero-order chi connectivity index (χ0) is 29.0. The van der Waals surface area contributed by atoms with Crippen LogP contribution >= 0.6 is 11.3 Å². The molecule has 1 N–H and O–H groups in total. The summed E-state index contributed by atoms with van der Waals surface area (Å²) in [6.07, 6.45) is 1.47. The van der Waals surface area contributed by atoms with Gasteiger partial charge in [0.25, 0.3) is 5.56 Å². The number of phenolic OH excluding ortho intramolecular Hbond substituents is 1. The molecule has 1 aliphatic heterocycles. The monoisotopic (exact) mass is 569 g/mol. The molecule has 0 spiro atoms. The molecule has 0 aliphatic carbocycles. The van der Waals surface area contributed by atoms with Gasteiger partial charge in [-0.1, -0.05) is 29.5 Å². The Labute approximate surface area is 232 Å². The number of para-hydroxylation sites is 1. The number of carbonyl (C=O) groups is 1. The van der Waals surface area contributed by atoms with E-state index in [0.29, 0.717) is 39.7 Å². The lowest BCUT2D eigenvalue weighted by atomic mass is 9.94. The number of rotatable bonds is 10. The van der Waals surface area contributed by atoms with Crippen LogP contribution in [0.5, 0.6) is 17.2 Å². The van der Waals surface area contributed by atoms with Crippen molar-refractivity contribution in [1.82, 2.24) is 4.57 Å². The maximum absolute atomic E-state index is 13.9. The molecule has 4 rings (SSSR count). The highest BCUT2D eigenvalue weighted by Gasteiger charge is 2.36. The van der Waals surface area contributed by atoms with Crippen LogP contribution in [0.3, 0.4) is 0 Å². The smallest absolute Gasteiger partial charge is 0.338 e. The largest absolute Gasteiger partial charge is 0.502 e. The van der Waals surface area contributed by atoms with Gasteiger partial charge in [-0.2, -0.15) is 0 Å². The van der Waals surface area contributed by atoms with Gasteiger partial charge in [-0.25, -0.2) is 9.79 Å². The summed E-state index contributed by atoms with van der Waals surface area (Å²) < 4.78 is 23.5. The summed E-state index contributed by atoms with van der Waals surface area (Å²) in [6, 6.07) is 8.02. The van der Waals surface area contributed by atoms with Crippen LogP contribution in [-0.4, -0.2) is 54.6 Å². The van der Waals surface area contributed by atoms with E-state index in [1.165, 1.54) is 43.1 Å². The van der Waals surface area contributed by atoms with Crippen molar-refractivity contribution >= 4 is 29.1 Å². The molecule has 3 aromatic rings. The van der Waals surface area contributed by atoms with Gasteiger partial charge in [-0.15, -0.1) is 0 Å². The predicted molar refractivity (Wildman–Crippen MR) is 146 cm³/mol. The van der Waals surface area contributed by atoms with Crippen molar-refractivity contribution in [3.63, 3.8) is 0 Å². The Hall–Kier alpha value is -4.49. The van der Waals surface area contributed by atoms with Gasteiger partial charge in [0.2, 0.25) is 0 Å². The molecule has 1 aromatic heterocycles. The van der Waals surface area contributed by atoms with E-state index < -0.39 is 33.9 Å². The molecule has 0 radical (unpaired) electrons. The molecule has 13 heteroatoms. The van der Waals surface area contributed by atoms with Crippen LogP contribution in [0.4, 0.5) is 5.69 Å². The third kappa shape index (κ3) is 5.46.